The Hall–Kier alpha value is -0.740. The fraction of sp³-hybridized carbons (Fsp3) is 0.167. The summed E-state index contributed by atoms with van der Waals surface area (Å²) in [4.78, 5) is 23.2. The van der Waals surface area contributed by atoms with Gasteiger partial charge in [0.2, 0.25) is 0 Å². The zero-order valence-electron chi connectivity index (χ0n) is 9.25. The number of ether oxygens (including phenoxy) is 1. The van der Waals surface area contributed by atoms with Crippen LogP contribution in [0.15, 0.2) is 28.3 Å². The average Bonchev–Trinajstić information content (AvgIpc) is 2.57. The highest BCUT2D eigenvalue weighted by molar-refractivity contribution is 6.48. The number of cyclic esters (lactones) is 1. The quantitative estimate of drug-likeness (QED) is 0.612. The zero-order chi connectivity index (χ0) is 14.2. The van der Waals surface area contributed by atoms with Crippen molar-refractivity contribution in [2.75, 3.05) is 0 Å². The number of Topliss-reactive ketones (excluding diaryl/α,β-unsaturated/α-hetero) is 1. The second-order valence-electron chi connectivity index (χ2n) is 3.81. The van der Waals surface area contributed by atoms with Gasteiger partial charge in [0.25, 0.3) is 0 Å². The summed E-state index contributed by atoms with van der Waals surface area (Å²) < 4.78 is 4.87. The molecule has 0 radical (unpaired) electrons. The molecule has 3 nitrogen and oxygen atoms in total. The molecule has 1 aromatic rings. The fourth-order valence-corrected chi connectivity index (χ4v) is 2.48. The highest BCUT2D eigenvalue weighted by Gasteiger charge is 2.34. The molecule has 0 aliphatic carbocycles. The Morgan fingerprint density at radius 2 is 1.89 bits per heavy atom. The average molecular weight is 340 g/mol. The Morgan fingerprint density at radius 3 is 2.42 bits per heavy atom. The number of carbonyl (C=O) groups excluding carboxylic acids is 2. The summed E-state index contributed by atoms with van der Waals surface area (Å²) in [5, 5.41) is 0.495. The van der Waals surface area contributed by atoms with Crippen LogP contribution in [0.5, 0.6) is 0 Å². The van der Waals surface area contributed by atoms with Crippen molar-refractivity contribution < 1.29 is 14.3 Å². The molecule has 1 aliphatic heterocycles. The van der Waals surface area contributed by atoms with Crippen LogP contribution < -0.4 is 0 Å². The van der Waals surface area contributed by atoms with Gasteiger partial charge in [-0.15, -0.1) is 0 Å². The lowest BCUT2D eigenvalue weighted by atomic mass is 10.1. The standard InChI is InChI=1S/C12H6Cl4O3/c13-5-1-2-6(7(14)3-5)8(17)4-9-10(15)11(16)12(18)19-9/h1-3,9H,4H2/t9-/m1/s1. The summed E-state index contributed by atoms with van der Waals surface area (Å²) in [6.07, 6.45) is -0.983. The van der Waals surface area contributed by atoms with E-state index in [1.165, 1.54) is 12.1 Å². The summed E-state index contributed by atoms with van der Waals surface area (Å²) in [5.41, 5.74) is 0.287. The number of carbonyl (C=O) groups is 2. The Kier molecular flexibility index (Phi) is 4.41. The maximum Gasteiger partial charge on any atom is 0.351 e. The molecule has 19 heavy (non-hydrogen) atoms. The van der Waals surface area contributed by atoms with Crippen molar-refractivity contribution in [3.05, 3.63) is 43.9 Å². The largest absolute Gasteiger partial charge is 0.452 e. The number of ketones is 1. The van der Waals surface area contributed by atoms with Gasteiger partial charge in [-0.25, -0.2) is 4.79 Å². The van der Waals surface area contributed by atoms with E-state index in [-0.39, 0.29) is 32.9 Å². The first-order chi connectivity index (χ1) is 8.90. The van der Waals surface area contributed by atoms with Gasteiger partial charge in [-0.05, 0) is 18.2 Å². The molecule has 1 atom stereocenters. The minimum Gasteiger partial charge on any atom is -0.452 e. The van der Waals surface area contributed by atoms with E-state index in [9.17, 15) is 9.59 Å². The molecule has 0 saturated carbocycles. The molecule has 0 aromatic heterocycles. The molecule has 1 heterocycles. The molecule has 0 bridgehead atoms. The smallest absolute Gasteiger partial charge is 0.351 e. The molecule has 0 unspecified atom stereocenters. The van der Waals surface area contributed by atoms with E-state index in [1.54, 1.807) is 6.07 Å². The fourth-order valence-electron chi connectivity index (χ4n) is 1.60. The molecule has 0 saturated heterocycles. The van der Waals surface area contributed by atoms with E-state index in [0.717, 1.165) is 0 Å². The van der Waals surface area contributed by atoms with Crippen molar-refractivity contribution in [2.24, 2.45) is 0 Å². The first kappa shape index (κ1) is 14.7. The molecule has 1 aliphatic rings. The van der Waals surface area contributed by atoms with Crippen LogP contribution in [0.1, 0.15) is 16.8 Å². The van der Waals surface area contributed by atoms with Crippen LogP contribution >= 0.6 is 46.4 Å². The number of benzene rings is 1. The van der Waals surface area contributed by atoms with Crippen molar-refractivity contribution in [3.8, 4) is 0 Å². The molecule has 100 valence electrons. The van der Waals surface area contributed by atoms with Crippen molar-refractivity contribution in [1.29, 1.82) is 0 Å². The molecule has 0 N–H and O–H groups in total. The van der Waals surface area contributed by atoms with E-state index < -0.39 is 12.1 Å². The summed E-state index contributed by atoms with van der Waals surface area (Å²) >= 11 is 23.1. The first-order valence-corrected chi connectivity index (χ1v) is 6.65. The number of halogens is 4. The molecule has 2 rings (SSSR count). The maximum absolute atomic E-state index is 12.0. The topological polar surface area (TPSA) is 43.4 Å². The third-order valence-corrected chi connectivity index (χ3v) is 3.96. The number of rotatable bonds is 3. The van der Waals surface area contributed by atoms with E-state index in [0.29, 0.717) is 5.02 Å². The van der Waals surface area contributed by atoms with Crippen LogP contribution in [0.25, 0.3) is 0 Å². The Labute approximate surface area is 129 Å². The summed E-state index contributed by atoms with van der Waals surface area (Å²) in [6.45, 7) is 0. The second-order valence-corrected chi connectivity index (χ2v) is 5.44. The predicted molar refractivity (Wildman–Crippen MR) is 74.0 cm³/mol. The van der Waals surface area contributed by atoms with E-state index in [4.69, 9.17) is 51.1 Å². The third-order valence-electron chi connectivity index (χ3n) is 2.52. The highest BCUT2D eigenvalue weighted by atomic mass is 35.5. The second kappa shape index (κ2) is 5.71. The Morgan fingerprint density at radius 1 is 1.21 bits per heavy atom. The third kappa shape index (κ3) is 3.06. The molecule has 0 fully saturated rings. The van der Waals surface area contributed by atoms with Crippen LogP contribution in [0.2, 0.25) is 10.0 Å². The monoisotopic (exact) mass is 338 g/mol. The summed E-state index contributed by atoms with van der Waals surface area (Å²) in [7, 11) is 0. The van der Waals surface area contributed by atoms with Gasteiger partial charge >= 0.3 is 5.97 Å². The van der Waals surface area contributed by atoms with Gasteiger partial charge in [0.05, 0.1) is 16.5 Å². The van der Waals surface area contributed by atoms with Crippen LogP contribution in [0.4, 0.5) is 0 Å². The van der Waals surface area contributed by atoms with Crippen molar-refractivity contribution in [1.82, 2.24) is 0 Å². The van der Waals surface area contributed by atoms with Gasteiger partial charge in [-0.2, -0.15) is 0 Å². The van der Waals surface area contributed by atoms with Gasteiger partial charge in [0, 0.05) is 10.6 Å². The van der Waals surface area contributed by atoms with Crippen LogP contribution in [0, 0.1) is 0 Å². The number of esters is 1. The minimum absolute atomic E-state index is 0.0325. The summed E-state index contributed by atoms with van der Waals surface area (Å²) in [6, 6.07) is 4.51. The maximum atomic E-state index is 12.0. The lowest BCUT2D eigenvalue weighted by Gasteiger charge is -2.10. The van der Waals surface area contributed by atoms with Gasteiger partial charge in [0.15, 0.2) is 5.78 Å². The lowest BCUT2D eigenvalue weighted by molar-refractivity contribution is -0.138. The van der Waals surface area contributed by atoms with Gasteiger partial charge < -0.3 is 4.74 Å². The molecule has 7 heteroatoms. The normalized spacial score (nSPS) is 18.7. The van der Waals surface area contributed by atoms with E-state index in [2.05, 4.69) is 0 Å². The molecular formula is C12H6Cl4O3. The molecule has 0 amide bonds. The minimum atomic E-state index is -0.860. The Bertz CT molecular complexity index is 595. The molecular weight excluding hydrogens is 334 g/mol. The number of hydrogen-bond donors (Lipinski definition) is 0. The molecule has 1 aromatic carbocycles. The van der Waals surface area contributed by atoms with Gasteiger partial charge in [-0.3, -0.25) is 4.79 Å². The van der Waals surface area contributed by atoms with Crippen molar-refractivity contribution in [2.45, 2.75) is 12.5 Å². The summed E-state index contributed by atoms with van der Waals surface area (Å²) in [5.74, 6) is -1.05. The van der Waals surface area contributed by atoms with E-state index in [1.807, 2.05) is 0 Å². The van der Waals surface area contributed by atoms with Crippen molar-refractivity contribution >= 4 is 58.2 Å². The highest BCUT2D eigenvalue weighted by Crippen LogP contribution is 2.32. The van der Waals surface area contributed by atoms with Crippen LogP contribution in [-0.4, -0.2) is 17.9 Å². The van der Waals surface area contributed by atoms with E-state index >= 15 is 0 Å². The van der Waals surface area contributed by atoms with Crippen LogP contribution in [-0.2, 0) is 9.53 Å². The zero-order valence-corrected chi connectivity index (χ0v) is 12.3. The lowest BCUT2D eigenvalue weighted by Crippen LogP contribution is -2.16. The first-order valence-electron chi connectivity index (χ1n) is 5.14. The van der Waals surface area contributed by atoms with Gasteiger partial charge in [-0.1, -0.05) is 46.4 Å². The number of hydrogen-bond acceptors (Lipinski definition) is 3. The molecule has 0 spiro atoms. The van der Waals surface area contributed by atoms with Crippen molar-refractivity contribution in [3.63, 3.8) is 0 Å². The predicted octanol–water partition coefficient (Wildman–Crippen LogP) is 4.18. The van der Waals surface area contributed by atoms with Gasteiger partial charge in [0.1, 0.15) is 11.1 Å². The Balaban J connectivity index is 2.17. The van der Waals surface area contributed by atoms with Crippen LogP contribution in [0.3, 0.4) is 0 Å². The SMILES string of the molecule is O=C1O[C@H](CC(=O)c2ccc(Cl)cc2Cl)C(Cl)=C1Cl.